The van der Waals surface area contributed by atoms with Crippen LogP contribution in [-0.4, -0.2) is 31.3 Å². The average Bonchev–Trinajstić information content (AvgIpc) is 2.13. The van der Waals surface area contributed by atoms with Gasteiger partial charge < -0.3 is 4.74 Å². The fraction of sp³-hybridized carbons (Fsp3) is 0.222. The van der Waals surface area contributed by atoms with Gasteiger partial charge in [-0.3, -0.25) is 4.55 Å². The SMILES string of the molecule is O=C(OCCS(=O)(=O)O)c1cc(Cl)cc(Br)c1. The third kappa shape index (κ3) is 5.49. The lowest BCUT2D eigenvalue weighted by Gasteiger charge is -2.04. The molecule has 0 saturated heterocycles. The molecule has 0 aliphatic rings. The predicted octanol–water partition coefficient (Wildman–Crippen LogP) is 2.15. The molecule has 0 heterocycles. The van der Waals surface area contributed by atoms with Crippen LogP contribution in [0, 0.1) is 0 Å². The van der Waals surface area contributed by atoms with E-state index >= 15 is 0 Å². The van der Waals surface area contributed by atoms with E-state index in [2.05, 4.69) is 20.7 Å². The Hall–Kier alpha value is -0.630. The summed E-state index contributed by atoms with van der Waals surface area (Å²) in [5, 5.41) is 0.348. The van der Waals surface area contributed by atoms with Crippen LogP contribution < -0.4 is 0 Å². The fourth-order valence-electron chi connectivity index (χ4n) is 0.995. The Balaban J connectivity index is 2.64. The summed E-state index contributed by atoms with van der Waals surface area (Å²) >= 11 is 8.88. The van der Waals surface area contributed by atoms with Gasteiger partial charge in [0.15, 0.2) is 0 Å². The molecule has 0 fully saturated rings. The molecule has 8 heteroatoms. The van der Waals surface area contributed by atoms with Crippen molar-refractivity contribution in [2.45, 2.75) is 0 Å². The molecule has 0 unspecified atom stereocenters. The Morgan fingerprint density at radius 3 is 2.59 bits per heavy atom. The molecule has 1 aromatic carbocycles. The van der Waals surface area contributed by atoms with Crippen molar-refractivity contribution in [2.75, 3.05) is 12.4 Å². The van der Waals surface area contributed by atoms with Crippen LogP contribution >= 0.6 is 27.5 Å². The molecule has 1 N–H and O–H groups in total. The highest BCUT2D eigenvalue weighted by Crippen LogP contribution is 2.20. The summed E-state index contributed by atoms with van der Waals surface area (Å²) in [6, 6.07) is 4.47. The molecular formula is C9H8BrClO5S. The zero-order valence-corrected chi connectivity index (χ0v) is 11.5. The Labute approximate surface area is 112 Å². The molecule has 0 aliphatic carbocycles. The maximum Gasteiger partial charge on any atom is 0.338 e. The van der Waals surface area contributed by atoms with Crippen molar-refractivity contribution in [1.29, 1.82) is 0 Å². The van der Waals surface area contributed by atoms with E-state index in [1.807, 2.05) is 0 Å². The number of hydrogen-bond donors (Lipinski definition) is 1. The van der Waals surface area contributed by atoms with E-state index in [0.29, 0.717) is 9.50 Å². The first kappa shape index (κ1) is 14.4. The lowest BCUT2D eigenvalue weighted by Crippen LogP contribution is -2.14. The molecule has 0 bridgehead atoms. The number of carbonyl (C=O) groups is 1. The molecule has 0 radical (unpaired) electrons. The number of ether oxygens (including phenoxy) is 1. The molecular weight excluding hydrogens is 336 g/mol. The van der Waals surface area contributed by atoms with Crippen molar-refractivity contribution in [2.24, 2.45) is 0 Å². The predicted molar refractivity (Wildman–Crippen MR) is 65.9 cm³/mol. The van der Waals surface area contributed by atoms with E-state index in [1.165, 1.54) is 12.1 Å². The van der Waals surface area contributed by atoms with E-state index in [4.69, 9.17) is 16.2 Å². The summed E-state index contributed by atoms with van der Waals surface area (Å²) in [7, 11) is -4.13. The van der Waals surface area contributed by atoms with Gasteiger partial charge in [-0.1, -0.05) is 27.5 Å². The zero-order chi connectivity index (χ0) is 13.1. The Morgan fingerprint density at radius 1 is 1.41 bits per heavy atom. The Morgan fingerprint density at radius 2 is 2.06 bits per heavy atom. The van der Waals surface area contributed by atoms with E-state index in [1.54, 1.807) is 6.07 Å². The maximum atomic E-state index is 11.5. The van der Waals surface area contributed by atoms with Gasteiger partial charge in [-0.2, -0.15) is 8.42 Å². The number of rotatable bonds is 4. The first-order valence-corrected chi connectivity index (χ1v) is 7.14. The van der Waals surface area contributed by atoms with Gasteiger partial charge in [-0.25, -0.2) is 4.79 Å². The number of halogens is 2. The summed E-state index contributed by atoms with van der Waals surface area (Å²) in [5.74, 6) is -1.35. The average molecular weight is 344 g/mol. The van der Waals surface area contributed by atoms with E-state index in [0.717, 1.165) is 0 Å². The van der Waals surface area contributed by atoms with E-state index in [9.17, 15) is 13.2 Å². The second-order valence-electron chi connectivity index (χ2n) is 3.08. The normalized spacial score (nSPS) is 11.2. The van der Waals surface area contributed by atoms with Gasteiger partial charge in [0, 0.05) is 9.50 Å². The summed E-state index contributed by atoms with van der Waals surface area (Å²) in [5.41, 5.74) is 0.194. The van der Waals surface area contributed by atoms with Gasteiger partial charge in [-0.15, -0.1) is 0 Å². The van der Waals surface area contributed by atoms with E-state index in [-0.39, 0.29) is 5.56 Å². The summed E-state index contributed by atoms with van der Waals surface area (Å²) in [6.07, 6.45) is 0. The lowest BCUT2D eigenvalue weighted by atomic mass is 10.2. The second kappa shape index (κ2) is 5.81. The van der Waals surface area contributed by atoms with Crippen molar-refractivity contribution in [3.05, 3.63) is 33.3 Å². The highest BCUT2D eigenvalue weighted by Gasteiger charge is 2.11. The third-order valence-corrected chi connectivity index (χ3v) is 3.03. The summed E-state index contributed by atoms with van der Waals surface area (Å²) < 4.78 is 34.5. The highest BCUT2D eigenvalue weighted by atomic mass is 79.9. The monoisotopic (exact) mass is 342 g/mol. The van der Waals surface area contributed by atoms with Crippen molar-refractivity contribution < 1.29 is 22.5 Å². The fourth-order valence-corrected chi connectivity index (χ4v) is 2.15. The molecule has 1 rings (SSSR count). The minimum Gasteiger partial charge on any atom is -0.461 e. The van der Waals surface area contributed by atoms with Crippen LogP contribution in [0.25, 0.3) is 0 Å². The molecule has 0 spiro atoms. The van der Waals surface area contributed by atoms with Crippen LogP contribution in [0.5, 0.6) is 0 Å². The number of esters is 1. The van der Waals surface area contributed by atoms with Crippen molar-refractivity contribution in [1.82, 2.24) is 0 Å². The number of hydrogen-bond acceptors (Lipinski definition) is 4. The third-order valence-electron chi connectivity index (χ3n) is 1.67. The molecule has 0 aliphatic heterocycles. The van der Waals surface area contributed by atoms with Crippen LogP contribution in [0.2, 0.25) is 5.02 Å². The van der Waals surface area contributed by atoms with E-state index < -0.39 is 28.4 Å². The molecule has 0 aromatic heterocycles. The Bertz CT molecular complexity index is 508. The largest absolute Gasteiger partial charge is 0.461 e. The topological polar surface area (TPSA) is 80.7 Å². The summed E-state index contributed by atoms with van der Waals surface area (Å²) in [4.78, 5) is 11.5. The molecule has 1 aromatic rings. The van der Waals surface area contributed by atoms with Crippen LogP contribution in [0.1, 0.15) is 10.4 Å². The molecule has 94 valence electrons. The van der Waals surface area contributed by atoms with Crippen LogP contribution in [-0.2, 0) is 14.9 Å². The minimum atomic E-state index is -4.13. The standard InChI is InChI=1S/C9H8BrClO5S/c10-7-3-6(4-8(11)5-7)9(12)16-1-2-17(13,14)15/h3-5H,1-2H2,(H,13,14,15). The van der Waals surface area contributed by atoms with Crippen molar-refractivity contribution in [3.8, 4) is 0 Å². The molecule has 0 atom stereocenters. The quantitative estimate of drug-likeness (QED) is 0.669. The van der Waals surface area contributed by atoms with Crippen LogP contribution in [0.4, 0.5) is 0 Å². The Kier molecular flexibility index (Phi) is 4.93. The van der Waals surface area contributed by atoms with Gasteiger partial charge in [-0.05, 0) is 18.2 Å². The second-order valence-corrected chi connectivity index (χ2v) is 6.00. The minimum absolute atomic E-state index is 0.194. The smallest absolute Gasteiger partial charge is 0.338 e. The van der Waals surface area contributed by atoms with Gasteiger partial charge in [0.05, 0.1) is 5.56 Å². The van der Waals surface area contributed by atoms with Gasteiger partial charge in [0.1, 0.15) is 12.4 Å². The van der Waals surface area contributed by atoms with Crippen molar-refractivity contribution in [3.63, 3.8) is 0 Å². The van der Waals surface area contributed by atoms with Crippen LogP contribution in [0.15, 0.2) is 22.7 Å². The molecule has 17 heavy (non-hydrogen) atoms. The molecule has 0 saturated carbocycles. The highest BCUT2D eigenvalue weighted by molar-refractivity contribution is 9.10. The first-order chi connectivity index (χ1) is 7.78. The molecule has 0 amide bonds. The van der Waals surface area contributed by atoms with Crippen LogP contribution in [0.3, 0.4) is 0 Å². The van der Waals surface area contributed by atoms with Gasteiger partial charge in [0.2, 0.25) is 0 Å². The summed E-state index contributed by atoms with van der Waals surface area (Å²) in [6.45, 7) is -0.415. The zero-order valence-electron chi connectivity index (χ0n) is 8.39. The van der Waals surface area contributed by atoms with Crippen molar-refractivity contribution >= 4 is 43.6 Å². The number of benzene rings is 1. The van der Waals surface area contributed by atoms with Gasteiger partial charge >= 0.3 is 5.97 Å². The lowest BCUT2D eigenvalue weighted by molar-refractivity contribution is 0.0528. The molecule has 5 nitrogen and oxygen atoms in total. The first-order valence-electron chi connectivity index (χ1n) is 4.36. The number of carbonyl (C=O) groups excluding carboxylic acids is 1. The maximum absolute atomic E-state index is 11.5. The van der Waals surface area contributed by atoms with Gasteiger partial charge in [0.25, 0.3) is 10.1 Å².